The van der Waals surface area contributed by atoms with Crippen LogP contribution in [0.1, 0.15) is 115 Å². The smallest absolute Gasteiger partial charge is 0.122 e. The van der Waals surface area contributed by atoms with Gasteiger partial charge in [0.05, 0.1) is 6.61 Å². The average molecular weight is 373 g/mol. The van der Waals surface area contributed by atoms with Crippen LogP contribution in [0.3, 0.4) is 0 Å². The van der Waals surface area contributed by atoms with Crippen LogP contribution in [-0.4, -0.2) is 6.61 Å². The van der Waals surface area contributed by atoms with E-state index in [2.05, 4.69) is 31.2 Å². The molecule has 1 aliphatic carbocycles. The Kier molecular flexibility index (Phi) is 12.4. The predicted octanol–water partition coefficient (Wildman–Crippen LogP) is 8.50. The fourth-order valence-electron chi connectivity index (χ4n) is 4.49. The third-order valence-electron chi connectivity index (χ3n) is 6.26. The first-order valence-corrected chi connectivity index (χ1v) is 12.1. The van der Waals surface area contributed by atoms with E-state index in [1.807, 2.05) is 0 Å². The molecule has 0 aliphatic heterocycles. The second-order valence-corrected chi connectivity index (χ2v) is 8.68. The fraction of sp³-hybridized carbons (Fsp3) is 0.769. The highest BCUT2D eigenvalue weighted by Gasteiger charge is 2.13. The van der Waals surface area contributed by atoms with Gasteiger partial charge in [-0.3, -0.25) is 0 Å². The number of unbranched alkanes of at least 4 members (excludes halogenated alkanes) is 9. The topological polar surface area (TPSA) is 9.23 Å². The van der Waals surface area contributed by atoms with Crippen molar-refractivity contribution in [2.75, 3.05) is 6.61 Å². The molecule has 0 N–H and O–H groups in total. The van der Waals surface area contributed by atoms with Crippen molar-refractivity contribution >= 4 is 0 Å². The summed E-state index contributed by atoms with van der Waals surface area (Å²) in [5.74, 6) is 2.20. The molecule has 1 saturated carbocycles. The van der Waals surface area contributed by atoms with E-state index in [-0.39, 0.29) is 0 Å². The molecule has 1 heteroatoms. The van der Waals surface area contributed by atoms with Crippen molar-refractivity contribution in [3.05, 3.63) is 29.8 Å². The minimum atomic E-state index is 0.884. The van der Waals surface area contributed by atoms with Crippen molar-refractivity contribution in [1.29, 1.82) is 0 Å². The van der Waals surface area contributed by atoms with Gasteiger partial charge in [0.25, 0.3) is 0 Å². The number of para-hydroxylation sites is 1. The Morgan fingerprint density at radius 2 is 1.44 bits per heavy atom. The van der Waals surface area contributed by atoms with Crippen LogP contribution in [0.25, 0.3) is 0 Å². The number of benzene rings is 1. The molecule has 1 aromatic rings. The number of aryl methyl sites for hydroxylation is 1. The van der Waals surface area contributed by atoms with Crippen molar-refractivity contribution in [3.8, 4) is 5.75 Å². The predicted molar refractivity (Wildman–Crippen MR) is 119 cm³/mol. The van der Waals surface area contributed by atoms with Crippen LogP contribution in [0, 0.1) is 5.92 Å². The molecule has 0 amide bonds. The molecule has 0 unspecified atom stereocenters. The van der Waals surface area contributed by atoms with Gasteiger partial charge < -0.3 is 4.74 Å². The van der Waals surface area contributed by atoms with E-state index in [0.717, 1.165) is 18.3 Å². The summed E-state index contributed by atoms with van der Waals surface area (Å²) in [4.78, 5) is 0. The highest BCUT2D eigenvalue weighted by Crippen LogP contribution is 2.29. The third kappa shape index (κ3) is 10.2. The minimum absolute atomic E-state index is 0.884. The highest BCUT2D eigenvalue weighted by molar-refractivity contribution is 5.33. The maximum absolute atomic E-state index is 6.11. The normalized spacial score (nSPS) is 14.7. The number of hydrogen-bond acceptors (Lipinski definition) is 1. The average Bonchev–Trinajstić information content (AvgIpc) is 3.21. The molecule has 2 rings (SSSR count). The number of hydrogen-bond donors (Lipinski definition) is 0. The van der Waals surface area contributed by atoms with Crippen LogP contribution >= 0.6 is 0 Å². The summed E-state index contributed by atoms with van der Waals surface area (Å²) in [6.07, 6.45) is 23.6. The zero-order valence-corrected chi connectivity index (χ0v) is 18.0. The first-order valence-electron chi connectivity index (χ1n) is 12.1. The van der Waals surface area contributed by atoms with Crippen LogP contribution in [0.4, 0.5) is 0 Å². The standard InChI is InChI=1S/C26H44O/c1-2-3-4-7-11-20-25-21-14-15-22-26(25)27-23-16-9-6-5-8-10-17-24-18-12-13-19-24/h14-15,21-22,24H,2-13,16-20,23H2,1H3. The zero-order valence-electron chi connectivity index (χ0n) is 18.0. The van der Waals surface area contributed by atoms with Gasteiger partial charge in [0.1, 0.15) is 5.75 Å². The van der Waals surface area contributed by atoms with E-state index in [0.29, 0.717) is 0 Å². The van der Waals surface area contributed by atoms with Crippen molar-refractivity contribution in [3.63, 3.8) is 0 Å². The van der Waals surface area contributed by atoms with Crippen LogP contribution in [0.2, 0.25) is 0 Å². The monoisotopic (exact) mass is 372 g/mol. The van der Waals surface area contributed by atoms with Gasteiger partial charge in [-0.1, -0.05) is 115 Å². The summed E-state index contributed by atoms with van der Waals surface area (Å²) in [5, 5.41) is 0. The lowest BCUT2D eigenvalue weighted by Crippen LogP contribution is -2.00. The Hall–Kier alpha value is -0.980. The van der Waals surface area contributed by atoms with Crippen LogP contribution < -0.4 is 4.74 Å². The molecule has 0 spiro atoms. The Morgan fingerprint density at radius 1 is 0.778 bits per heavy atom. The van der Waals surface area contributed by atoms with Gasteiger partial charge in [-0.25, -0.2) is 0 Å². The SMILES string of the molecule is CCCCCCCc1ccccc1OCCCCCCCCC1CCCC1. The molecule has 1 fully saturated rings. The van der Waals surface area contributed by atoms with E-state index in [1.54, 1.807) is 0 Å². The third-order valence-corrected chi connectivity index (χ3v) is 6.26. The van der Waals surface area contributed by atoms with E-state index in [1.165, 1.54) is 115 Å². The lowest BCUT2D eigenvalue weighted by atomic mass is 9.99. The van der Waals surface area contributed by atoms with Crippen molar-refractivity contribution in [2.24, 2.45) is 5.92 Å². The molecule has 27 heavy (non-hydrogen) atoms. The maximum Gasteiger partial charge on any atom is 0.122 e. The van der Waals surface area contributed by atoms with E-state index >= 15 is 0 Å². The molecule has 1 aliphatic rings. The van der Waals surface area contributed by atoms with Crippen molar-refractivity contribution in [1.82, 2.24) is 0 Å². The molecule has 1 aromatic carbocycles. The molecule has 0 radical (unpaired) electrons. The van der Waals surface area contributed by atoms with E-state index in [9.17, 15) is 0 Å². The molecule has 0 atom stereocenters. The molecular formula is C26H44O. The summed E-state index contributed by atoms with van der Waals surface area (Å²) in [6, 6.07) is 8.67. The van der Waals surface area contributed by atoms with Gasteiger partial charge in [0.15, 0.2) is 0 Å². The highest BCUT2D eigenvalue weighted by atomic mass is 16.5. The molecule has 1 nitrogen and oxygen atoms in total. The van der Waals surface area contributed by atoms with Gasteiger partial charge >= 0.3 is 0 Å². The zero-order chi connectivity index (χ0) is 19.0. The molecule has 0 saturated heterocycles. The lowest BCUT2D eigenvalue weighted by Gasteiger charge is -2.11. The fourth-order valence-corrected chi connectivity index (χ4v) is 4.49. The molecular weight excluding hydrogens is 328 g/mol. The first kappa shape index (κ1) is 22.3. The summed E-state index contributed by atoms with van der Waals surface area (Å²) >= 11 is 0. The second-order valence-electron chi connectivity index (χ2n) is 8.68. The summed E-state index contributed by atoms with van der Waals surface area (Å²) in [5.41, 5.74) is 1.40. The molecule has 0 aromatic heterocycles. The molecule has 0 heterocycles. The van der Waals surface area contributed by atoms with Gasteiger partial charge in [0, 0.05) is 0 Å². The van der Waals surface area contributed by atoms with Crippen LogP contribution in [0.15, 0.2) is 24.3 Å². The molecule has 154 valence electrons. The Labute approximate surface area is 169 Å². The van der Waals surface area contributed by atoms with Crippen LogP contribution in [0.5, 0.6) is 5.75 Å². The summed E-state index contributed by atoms with van der Waals surface area (Å²) in [7, 11) is 0. The van der Waals surface area contributed by atoms with Gasteiger partial charge in [-0.15, -0.1) is 0 Å². The number of ether oxygens (including phenoxy) is 1. The van der Waals surface area contributed by atoms with E-state index in [4.69, 9.17) is 4.74 Å². The summed E-state index contributed by atoms with van der Waals surface area (Å²) in [6.45, 7) is 3.16. The number of rotatable bonds is 16. The van der Waals surface area contributed by atoms with Crippen molar-refractivity contribution in [2.45, 2.75) is 116 Å². The Bertz CT molecular complexity index is 461. The largest absolute Gasteiger partial charge is 0.493 e. The second kappa shape index (κ2) is 15.0. The first-order chi connectivity index (χ1) is 13.4. The lowest BCUT2D eigenvalue weighted by molar-refractivity contribution is 0.301. The minimum Gasteiger partial charge on any atom is -0.493 e. The summed E-state index contributed by atoms with van der Waals surface area (Å²) < 4.78 is 6.11. The van der Waals surface area contributed by atoms with Gasteiger partial charge in [0.2, 0.25) is 0 Å². The quantitative estimate of drug-likeness (QED) is 0.264. The van der Waals surface area contributed by atoms with Crippen LogP contribution in [-0.2, 0) is 6.42 Å². The Balaban J connectivity index is 1.47. The van der Waals surface area contributed by atoms with Crippen molar-refractivity contribution < 1.29 is 4.74 Å². The molecule has 0 bridgehead atoms. The Morgan fingerprint density at radius 3 is 2.26 bits per heavy atom. The van der Waals surface area contributed by atoms with Gasteiger partial charge in [-0.2, -0.15) is 0 Å². The van der Waals surface area contributed by atoms with E-state index < -0.39 is 0 Å². The van der Waals surface area contributed by atoms with Gasteiger partial charge in [-0.05, 0) is 36.8 Å². The maximum atomic E-state index is 6.11.